The quantitative estimate of drug-likeness (QED) is 0.623. The lowest BCUT2D eigenvalue weighted by Crippen LogP contribution is -2.42. The minimum atomic E-state index is -0.256. The van der Waals surface area contributed by atoms with Crippen LogP contribution in [0.15, 0.2) is 0 Å². The first-order valence-corrected chi connectivity index (χ1v) is 5.85. The van der Waals surface area contributed by atoms with Crippen molar-refractivity contribution in [3.05, 3.63) is 0 Å². The van der Waals surface area contributed by atoms with Crippen LogP contribution in [0.5, 0.6) is 0 Å². The van der Waals surface area contributed by atoms with Crippen molar-refractivity contribution in [1.82, 2.24) is 10.2 Å². The number of nitrogens with one attached hydrogen (secondary N) is 1. The molecule has 0 aliphatic carbocycles. The first kappa shape index (κ1) is 13.9. The summed E-state index contributed by atoms with van der Waals surface area (Å²) < 4.78 is 4.92. The number of methoxy groups -OCH3 is 1. The number of hydrogen-bond donors (Lipinski definition) is 2. The molecule has 0 aromatic rings. The van der Waals surface area contributed by atoms with Gasteiger partial charge in [-0.15, -0.1) is 0 Å². The van der Waals surface area contributed by atoms with Crippen molar-refractivity contribution in [2.75, 3.05) is 33.4 Å². The highest BCUT2D eigenvalue weighted by Crippen LogP contribution is 2.17. The Kier molecular flexibility index (Phi) is 5.37. The number of ether oxygens (including phenoxy) is 1. The van der Waals surface area contributed by atoms with E-state index < -0.39 is 0 Å². The van der Waals surface area contributed by atoms with Crippen LogP contribution in [0.1, 0.15) is 13.3 Å². The third-order valence-corrected chi connectivity index (χ3v) is 2.89. The lowest BCUT2D eigenvalue weighted by Gasteiger charge is -2.17. The standard InChI is InChI=1S/C11H21N3O3/c1-8(6-12)13-11(16)9-5-10(15)14(7-9)3-4-17-2/h8-9H,3-7,12H2,1-2H3,(H,13,16)/t8-,9?/m0/s1. The molecular weight excluding hydrogens is 222 g/mol. The van der Waals surface area contributed by atoms with Gasteiger partial charge in [0.1, 0.15) is 0 Å². The fraction of sp³-hybridized carbons (Fsp3) is 0.818. The van der Waals surface area contributed by atoms with Crippen molar-refractivity contribution in [2.45, 2.75) is 19.4 Å². The second kappa shape index (κ2) is 6.56. The van der Waals surface area contributed by atoms with E-state index in [4.69, 9.17) is 10.5 Å². The molecule has 2 amide bonds. The zero-order valence-corrected chi connectivity index (χ0v) is 10.4. The maximum absolute atomic E-state index is 11.8. The molecule has 3 N–H and O–H groups in total. The largest absolute Gasteiger partial charge is 0.383 e. The summed E-state index contributed by atoms with van der Waals surface area (Å²) in [7, 11) is 1.59. The van der Waals surface area contributed by atoms with E-state index in [1.165, 1.54) is 0 Å². The molecule has 1 aliphatic rings. The summed E-state index contributed by atoms with van der Waals surface area (Å²) in [6.45, 7) is 3.77. The Balaban J connectivity index is 2.42. The van der Waals surface area contributed by atoms with Crippen LogP contribution in [-0.2, 0) is 14.3 Å². The van der Waals surface area contributed by atoms with Crippen LogP contribution in [0.3, 0.4) is 0 Å². The van der Waals surface area contributed by atoms with E-state index in [2.05, 4.69) is 5.32 Å². The summed E-state index contributed by atoms with van der Waals surface area (Å²) in [5.41, 5.74) is 5.43. The smallest absolute Gasteiger partial charge is 0.225 e. The minimum absolute atomic E-state index is 0.0163. The first-order chi connectivity index (χ1) is 8.08. The molecule has 1 heterocycles. The molecule has 6 nitrogen and oxygen atoms in total. The van der Waals surface area contributed by atoms with Gasteiger partial charge in [0.15, 0.2) is 0 Å². The van der Waals surface area contributed by atoms with Gasteiger partial charge in [0.2, 0.25) is 11.8 Å². The van der Waals surface area contributed by atoms with E-state index in [1.807, 2.05) is 6.92 Å². The van der Waals surface area contributed by atoms with Gasteiger partial charge in [-0.1, -0.05) is 0 Å². The summed E-state index contributed by atoms with van der Waals surface area (Å²) in [5, 5.41) is 2.79. The Morgan fingerprint density at radius 1 is 1.71 bits per heavy atom. The fourth-order valence-corrected chi connectivity index (χ4v) is 1.78. The summed E-state index contributed by atoms with van der Waals surface area (Å²) in [4.78, 5) is 25.1. The van der Waals surface area contributed by atoms with Crippen molar-refractivity contribution >= 4 is 11.8 Å². The highest BCUT2D eigenvalue weighted by atomic mass is 16.5. The molecule has 1 aliphatic heterocycles. The molecule has 0 saturated carbocycles. The Morgan fingerprint density at radius 3 is 3.00 bits per heavy atom. The normalized spacial score (nSPS) is 21.7. The zero-order valence-electron chi connectivity index (χ0n) is 10.4. The van der Waals surface area contributed by atoms with Gasteiger partial charge in [0.25, 0.3) is 0 Å². The monoisotopic (exact) mass is 243 g/mol. The average molecular weight is 243 g/mol. The van der Waals surface area contributed by atoms with E-state index in [9.17, 15) is 9.59 Å². The van der Waals surface area contributed by atoms with E-state index in [0.29, 0.717) is 26.2 Å². The topological polar surface area (TPSA) is 84.7 Å². The number of rotatable bonds is 6. The van der Waals surface area contributed by atoms with Gasteiger partial charge in [-0.05, 0) is 6.92 Å². The number of hydrogen-bond acceptors (Lipinski definition) is 4. The summed E-state index contributed by atoms with van der Waals surface area (Å²) in [6, 6.07) is -0.0503. The molecule has 17 heavy (non-hydrogen) atoms. The van der Waals surface area contributed by atoms with Gasteiger partial charge in [-0.25, -0.2) is 0 Å². The molecule has 2 atom stereocenters. The van der Waals surface area contributed by atoms with Gasteiger partial charge in [-0.3, -0.25) is 9.59 Å². The van der Waals surface area contributed by atoms with E-state index in [1.54, 1.807) is 12.0 Å². The maximum Gasteiger partial charge on any atom is 0.225 e. The molecule has 1 unspecified atom stereocenters. The van der Waals surface area contributed by atoms with E-state index in [-0.39, 0.29) is 30.2 Å². The van der Waals surface area contributed by atoms with Gasteiger partial charge >= 0.3 is 0 Å². The van der Waals surface area contributed by atoms with Gasteiger partial charge in [-0.2, -0.15) is 0 Å². The second-order valence-electron chi connectivity index (χ2n) is 4.38. The average Bonchev–Trinajstić information content (AvgIpc) is 2.68. The number of carbonyl (C=O) groups is 2. The van der Waals surface area contributed by atoms with Crippen molar-refractivity contribution in [2.24, 2.45) is 11.7 Å². The SMILES string of the molecule is COCCN1CC(C(=O)N[C@@H](C)CN)CC1=O. The van der Waals surface area contributed by atoms with Crippen LogP contribution >= 0.6 is 0 Å². The predicted octanol–water partition coefficient (Wildman–Crippen LogP) is -1.06. The Hall–Kier alpha value is -1.14. The Bertz CT molecular complexity index is 283. The lowest BCUT2D eigenvalue weighted by atomic mass is 10.1. The summed E-state index contributed by atoms with van der Waals surface area (Å²) in [6.07, 6.45) is 0.285. The van der Waals surface area contributed by atoms with Crippen LogP contribution in [0.2, 0.25) is 0 Å². The number of likely N-dealkylation sites (tertiary alicyclic amines) is 1. The summed E-state index contributed by atoms with van der Waals surface area (Å²) in [5.74, 6) is -0.327. The molecular formula is C11H21N3O3. The lowest BCUT2D eigenvalue weighted by molar-refractivity contribution is -0.129. The third-order valence-electron chi connectivity index (χ3n) is 2.89. The molecule has 0 aromatic heterocycles. The molecule has 1 saturated heterocycles. The molecule has 0 bridgehead atoms. The highest BCUT2D eigenvalue weighted by molar-refractivity contribution is 5.89. The fourth-order valence-electron chi connectivity index (χ4n) is 1.78. The zero-order chi connectivity index (χ0) is 12.8. The number of amides is 2. The summed E-state index contributed by atoms with van der Waals surface area (Å²) >= 11 is 0. The molecule has 6 heteroatoms. The van der Waals surface area contributed by atoms with Crippen LogP contribution in [-0.4, -0.2) is 56.1 Å². The number of carbonyl (C=O) groups excluding carboxylic acids is 2. The second-order valence-corrected chi connectivity index (χ2v) is 4.38. The first-order valence-electron chi connectivity index (χ1n) is 5.85. The van der Waals surface area contributed by atoms with Gasteiger partial charge in [0.05, 0.1) is 12.5 Å². The molecule has 0 aromatic carbocycles. The van der Waals surface area contributed by atoms with Crippen LogP contribution in [0, 0.1) is 5.92 Å². The van der Waals surface area contributed by atoms with Crippen molar-refractivity contribution in [1.29, 1.82) is 0 Å². The van der Waals surface area contributed by atoms with E-state index >= 15 is 0 Å². The molecule has 1 fully saturated rings. The third kappa shape index (κ3) is 3.98. The number of nitrogens with zero attached hydrogens (tertiary/aromatic N) is 1. The Morgan fingerprint density at radius 2 is 2.41 bits per heavy atom. The molecule has 0 radical (unpaired) electrons. The Labute approximate surface area is 101 Å². The van der Waals surface area contributed by atoms with Crippen LogP contribution in [0.4, 0.5) is 0 Å². The minimum Gasteiger partial charge on any atom is -0.383 e. The van der Waals surface area contributed by atoms with Gasteiger partial charge < -0.3 is 20.7 Å². The van der Waals surface area contributed by atoms with Crippen LogP contribution in [0.25, 0.3) is 0 Å². The van der Waals surface area contributed by atoms with E-state index in [0.717, 1.165) is 0 Å². The predicted molar refractivity (Wildman–Crippen MR) is 63.2 cm³/mol. The number of nitrogens with two attached hydrogens (primary N) is 1. The molecule has 0 spiro atoms. The highest BCUT2D eigenvalue weighted by Gasteiger charge is 2.34. The van der Waals surface area contributed by atoms with Crippen LogP contribution < -0.4 is 11.1 Å². The van der Waals surface area contributed by atoms with Crippen molar-refractivity contribution in [3.8, 4) is 0 Å². The molecule has 98 valence electrons. The molecule has 1 rings (SSSR count). The van der Waals surface area contributed by atoms with Crippen molar-refractivity contribution < 1.29 is 14.3 Å². The van der Waals surface area contributed by atoms with Gasteiger partial charge in [0, 0.05) is 39.2 Å². The van der Waals surface area contributed by atoms with Crippen molar-refractivity contribution in [3.63, 3.8) is 0 Å². The maximum atomic E-state index is 11.8.